The third-order valence-electron chi connectivity index (χ3n) is 3.41. The van der Waals surface area contributed by atoms with Crippen molar-refractivity contribution in [1.82, 2.24) is 10.2 Å². The van der Waals surface area contributed by atoms with Crippen molar-refractivity contribution in [1.29, 1.82) is 0 Å². The fourth-order valence-electron chi connectivity index (χ4n) is 2.45. The summed E-state index contributed by atoms with van der Waals surface area (Å²) in [7, 11) is 0. The highest BCUT2D eigenvalue weighted by atomic mass is 19.1. The molecule has 1 amide bonds. The van der Waals surface area contributed by atoms with Gasteiger partial charge in [0.15, 0.2) is 0 Å². The van der Waals surface area contributed by atoms with Gasteiger partial charge in [-0.1, -0.05) is 0 Å². The monoisotopic (exact) mass is 298 g/mol. The third kappa shape index (κ3) is 4.22. The fourth-order valence-corrected chi connectivity index (χ4v) is 2.45. The Morgan fingerprint density at radius 2 is 1.95 bits per heavy atom. The molecule has 5 nitrogen and oxygen atoms in total. The van der Waals surface area contributed by atoms with E-state index in [4.69, 9.17) is 5.11 Å². The molecule has 1 aliphatic rings. The number of hydrogen-bond donors (Lipinski definition) is 2. The molecule has 0 spiro atoms. The van der Waals surface area contributed by atoms with E-state index in [0.29, 0.717) is 18.5 Å². The van der Waals surface area contributed by atoms with E-state index in [0.717, 1.165) is 24.6 Å². The maximum atomic E-state index is 13.0. The zero-order valence-corrected chi connectivity index (χ0v) is 11.3. The minimum Gasteiger partial charge on any atom is -0.480 e. The van der Waals surface area contributed by atoms with Gasteiger partial charge in [0, 0.05) is 12.6 Å². The van der Waals surface area contributed by atoms with E-state index in [2.05, 4.69) is 5.32 Å². The summed E-state index contributed by atoms with van der Waals surface area (Å²) in [6.07, 6.45) is 1.26. The first-order valence-electron chi connectivity index (χ1n) is 6.64. The second kappa shape index (κ2) is 6.62. The number of carbonyl (C=O) groups is 2. The SMILES string of the molecule is O=C(CN1CCCC1C(=O)O)NCc1cc(F)cc(F)c1. The molecule has 2 N–H and O–H groups in total. The minimum atomic E-state index is -0.937. The number of likely N-dealkylation sites (tertiary alicyclic amines) is 1. The molecule has 1 fully saturated rings. The summed E-state index contributed by atoms with van der Waals surface area (Å²) in [5.41, 5.74) is 0.317. The Bertz CT molecular complexity index is 531. The molecular formula is C14H16F2N2O3. The van der Waals surface area contributed by atoms with Gasteiger partial charge in [-0.2, -0.15) is 0 Å². The van der Waals surface area contributed by atoms with E-state index in [-0.39, 0.29) is 19.0 Å². The van der Waals surface area contributed by atoms with Crippen LogP contribution in [0.4, 0.5) is 8.78 Å². The van der Waals surface area contributed by atoms with Crippen molar-refractivity contribution in [2.75, 3.05) is 13.1 Å². The Labute approximate surface area is 120 Å². The van der Waals surface area contributed by atoms with Crippen LogP contribution in [0.3, 0.4) is 0 Å². The van der Waals surface area contributed by atoms with Crippen LogP contribution in [0.5, 0.6) is 0 Å². The summed E-state index contributed by atoms with van der Waals surface area (Å²) in [6, 6.07) is 2.40. The maximum Gasteiger partial charge on any atom is 0.320 e. The molecule has 1 aromatic carbocycles. The lowest BCUT2D eigenvalue weighted by Crippen LogP contribution is -2.42. The van der Waals surface area contributed by atoms with Gasteiger partial charge in [0.2, 0.25) is 5.91 Å². The van der Waals surface area contributed by atoms with Gasteiger partial charge in [-0.3, -0.25) is 14.5 Å². The molecular weight excluding hydrogens is 282 g/mol. The fraction of sp³-hybridized carbons (Fsp3) is 0.429. The summed E-state index contributed by atoms with van der Waals surface area (Å²) in [4.78, 5) is 24.4. The lowest BCUT2D eigenvalue weighted by molar-refractivity contribution is -0.142. The maximum absolute atomic E-state index is 13.0. The van der Waals surface area contributed by atoms with Crippen molar-refractivity contribution in [3.63, 3.8) is 0 Å². The molecule has 1 heterocycles. The molecule has 1 unspecified atom stereocenters. The van der Waals surface area contributed by atoms with Gasteiger partial charge < -0.3 is 10.4 Å². The number of rotatable bonds is 5. The number of halogens is 2. The van der Waals surface area contributed by atoms with Crippen LogP contribution in [0.2, 0.25) is 0 Å². The highest BCUT2D eigenvalue weighted by molar-refractivity contribution is 5.80. The van der Waals surface area contributed by atoms with Gasteiger partial charge in [0.25, 0.3) is 0 Å². The number of benzene rings is 1. The summed E-state index contributed by atoms with van der Waals surface area (Å²) in [6.45, 7) is 0.521. The molecule has 0 radical (unpaired) electrons. The van der Waals surface area contributed by atoms with Gasteiger partial charge in [-0.25, -0.2) is 8.78 Å². The number of aliphatic carboxylic acids is 1. The summed E-state index contributed by atoms with van der Waals surface area (Å²) < 4.78 is 26.0. The number of nitrogens with one attached hydrogen (secondary N) is 1. The van der Waals surface area contributed by atoms with Gasteiger partial charge in [-0.15, -0.1) is 0 Å². The molecule has 0 saturated carbocycles. The van der Waals surface area contributed by atoms with Crippen LogP contribution in [0.15, 0.2) is 18.2 Å². The van der Waals surface area contributed by atoms with Gasteiger partial charge in [0.1, 0.15) is 17.7 Å². The zero-order chi connectivity index (χ0) is 15.4. The number of nitrogens with zero attached hydrogens (tertiary/aromatic N) is 1. The third-order valence-corrected chi connectivity index (χ3v) is 3.41. The van der Waals surface area contributed by atoms with Crippen molar-refractivity contribution < 1.29 is 23.5 Å². The molecule has 114 valence electrons. The quantitative estimate of drug-likeness (QED) is 0.855. The minimum absolute atomic E-state index is 0.000901. The smallest absolute Gasteiger partial charge is 0.320 e. The highest BCUT2D eigenvalue weighted by Gasteiger charge is 2.31. The van der Waals surface area contributed by atoms with E-state index >= 15 is 0 Å². The first-order chi connectivity index (χ1) is 9.95. The number of carbonyl (C=O) groups excluding carboxylic acids is 1. The Hall–Kier alpha value is -2.02. The number of carboxylic acid groups (broad SMARTS) is 1. The highest BCUT2D eigenvalue weighted by Crippen LogP contribution is 2.16. The average Bonchev–Trinajstić information content (AvgIpc) is 2.83. The molecule has 1 aromatic rings. The van der Waals surface area contributed by atoms with Crippen molar-refractivity contribution in [2.24, 2.45) is 0 Å². The molecule has 0 bridgehead atoms. The standard InChI is InChI=1S/C14H16F2N2O3/c15-10-4-9(5-11(16)6-10)7-17-13(19)8-18-3-1-2-12(18)14(20)21/h4-6,12H,1-3,7-8H2,(H,17,19)(H,20,21). The van der Waals surface area contributed by atoms with E-state index in [1.807, 2.05) is 0 Å². The molecule has 2 rings (SSSR count). The van der Waals surface area contributed by atoms with Crippen LogP contribution in [-0.4, -0.2) is 41.0 Å². The van der Waals surface area contributed by atoms with Crippen LogP contribution in [0.1, 0.15) is 18.4 Å². The molecule has 21 heavy (non-hydrogen) atoms. The van der Waals surface area contributed by atoms with E-state index in [1.165, 1.54) is 0 Å². The summed E-state index contributed by atoms with van der Waals surface area (Å²) in [5, 5.41) is 11.5. The molecule has 1 saturated heterocycles. The first kappa shape index (κ1) is 15.4. The van der Waals surface area contributed by atoms with E-state index in [9.17, 15) is 18.4 Å². The first-order valence-corrected chi connectivity index (χ1v) is 6.64. The molecule has 0 aliphatic carbocycles. The molecule has 7 heteroatoms. The number of carboxylic acids is 1. The van der Waals surface area contributed by atoms with Crippen molar-refractivity contribution in [2.45, 2.75) is 25.4 Å². The van der Waals surface area contributed by atoms with Gasteiger partial charge in [0.05, 0.1) is 6.54 Å². The number of hydrogen-bond acceptors (Lipinski definition) is 3. The second-order valence-corrected chi connectivity index (χ2v) is 5.02. The number of amides is 1. The Morgan fingerprint density at radius 1 is 1.29 bits per heavy atom. The molecule has 1 aliphatic heterocycles. The van der Waals surface area contributed by atoms with Crippen LogP contribution in [-0.2, 0) is 16.1 Å². The van der Waals surface area contributed by atoms with E-state index < -0.39 is 23.6 Å². The van der Waals surface area contributed by atoms with Gasteiger partial charge in [-0.05, 0) is 37.1 Å². The Kier molecular flexibility index (Phi) is 4.85. The summed E-state index contributed by atoms with van der Waals surface area (Å²) in [5.74, 6) is -2.71. The predicted octanol–water partition coefficient (Wildman–Crippen LogP) is 1.13. The van der Waals surface area contributed by atoms with Crippen LogP contribution in [0, 0.1) is 11.6 Å². The van der Waals surface area contributed by atoms with Crippen molar-refractivity contribution >= 4 is 11.9 Å². The summed E-state index contributed by atoms with van der Waals surface area (Å²) >= 11 is 0. The van der Waals surface area contributed by atoms with Crippen molar-refractivity contribution in [3.8, 4) is 0 Å². The lowest BCUT2D eigenvalue weighted by atomic mass is 10.2. The largest absolute Gasteiger partial charge is 0.480 e. The van der Waals surface area contributed by atoms with Crippen LogP contribution in [0.25, 0.3) is 0 Å². The average molecular weight is 298 g/mol. The second-order valence-electron chi connectivity index (χ2n) is 5.02. The predicted molar refractivity (Wildman–Crippen MR) is 70.4 cm³/mol. The molecule has 1 atom stereocenters. The zero-order valence-electron chi connectivity index (χ0n) is 11.3. The lowest BCUT2D eigenvalue weighted by Gasteiger charge is -2.20. The Balaban J connectivity index is 1.86. The van der Waals surface area contributed by atoms with Crippen LogP contribution >= 0.6 is 0 Å². The topological polar surface area (TPSA) is 69.6 Å². The van der Waals surface area contributed by atoms with E-state index in [1.54, 1.807) is 4.90 Å². The normalized spacial score (nSPS) is 18.7. The van der Waals surface area contributed by atoms with Crippen molar-refractivity contribution in [3.05, 3.63) is 35.4 Å². The van der Waals surface area contributed by atoms with Crippen LogP contribution < -0.4 is 5.32 Å². The van der Waals surface area contributed by atoms with Gasteiger partial charge >= 0.3 is 5.97 Å². The molecule has 0 aromatic heterocycles. The Morgan fingerprint density at radius 3 is 2.57 bits per heavy atom.